The third kappa shape index (κ3) is 4.33. The van der Waals surface area contributed by atoms with Crippen molar-refractivity contribution >= 4 is 40.9 Å². The van der Waals surface area contributed by atoms with Crippen LogP contribution in [-0.4, -0.2) is 35.7 Å². The Morgan fingerprint density at radius 1 is 1.00 bits per heavy atom. The van der Waals surface area contributed by atoms with E-state index in [0.717, 1.165) is 29.1 Å². The Morgan fingerprint density at radius 3 is 2.43 bits per heavy atom. The fraction of sp³-hybridized carbons (Fsp3) is 0.222. The molecule has 8 heteroatoms. The third-order valence-electron chi connectivity index (χ3n) is 6.11. The number of nitrogens with one attached hydrogen (secondary N) is 1. The molecule has 2 heterocycles. The molecule has 1 N–H and O–H groups in total. The molecule has 1 saturated heterocycles. The van der Waals surface area contributed by atoms with Crippen LogP contribution >= 0.6 is 12.2 Å². The summed E-state index contributed by atoms with van der Waals surface area (Å²) in [5.41, 5.74) is 5.41. The first-order valence-electron chi connectivity index (χ1n) is 11.2. The molecule has 0 atom stereocenters. The Morgan fingerprint density at radius 2 is 1.74 bits per heavy atom. The number of hydrogen-bond donors (Lipinski definition) is 1. The molecule has 0 radical (unpaired) electrons. The largest absolute Gasteiger partial charge is 0.497 e. The molecular weight excluding hydrogens is 462 g/mol. The van der Waals surface area contributed by atoms with Gasteiger partial charge < -0.3 is 14.0 Å². The van der Waals surface area contributed by atoms with Gasteiger partial charge in [-0.2, -0.15) is 0 Å². The highest BCUT2D eigenvalue weighted by atomic mass is 32.1. The number of para-hydroxylation sites is 1. The van der Waals surface area contributed by atoms with E-state index in [1.807, 2.05) is 32.0 Å². The van der Waals surface area contributed by atoms with Gasteiger partial charge in [0.15, 0.2) is 5.11 Å². The molecule has 2 amide bonds. The third-order valence-corrected chi connectivity index (χ3v) is 6.40. The fourth-order valence-electron chi connectivity index (χ4n) is 4.33. The zero-order valence-corrected chi connectivity index (χ0v) is 21.2. The summed E-state index contributed by atoms with van der Waals surface area (Å²) in [6, 6.07) is 15.2. The molecule has 0 unspecified atom stereocenters. The summed E-state index contributed by atoms with van der Waals surface area (Å²) >= 11 is 5.35. The van der Waals surface area contributed by atoms with Crippen molar-refractivity contribution in [3.8, 4) is 17.2 Å². The van der Waals surface area contributed by atoms with Crippen molar-refractivity contribution in [1.82, 2.24) is 9.88 Å². The van der Waals surface area contributed by atoms with Crippen molar-refractivity contribution in [3.05, 3.63) is 76.6 Å². The number of carbonyl (C=O) groups is 2. The lowest BCUT2D eigenvalue weighted by molar-refractivity contribution is -0.122. The second-order valence-electron chi connectivity index (χ2n) is 8.14. The molecule has 180 valence electrons. The monoisotopic (exact) mass is 489 g/mol. The molecule has 0 saturated carbocycles. The van der Waals surface area contributed by atoms with Gasteiger partial charge >= 0.3 is 0 Å². The van der Waals surface area contributed by atoms with E-state index >= 15 is 0 Å². The zero-order chi connectivity index (χ0) is 25.3. The van der Waals surface area contributed by atoms with Crippen molar-refractivity contribution in [2.45, 2.75) is 27.2 Å². The van der Waals surface area contributed by atoms with Gasteiger partial charge in [0.2, 0.25) is 0 Å². The minimum Gasteiger partial charge on any atom is -0.497 e. The minimum atomic E-state index is -0.539. The molecule has 4 rings (SSSR count). The van der Waals surface area contributed by atoms with Crippen LogP contribution in [-0.2, 0) is 16.0 Å². The molecule has 0 spiro atoms. The normalized spacial score (nSPS) is 14.9. The van der Waals surface area contributed by atoms with Gasteiger partial charge in [0.05, 0.1) is 19.9 Å². The lowest BCUT2D eigenvalue weighted by atomic mass is 10.1. The number of rotatable bonds is 6. The average molecular weight is 490 g/mol. The standard InChI is InChI=1S/C27H27N3O4S/c1-6-18-9-7-8-10-22(18)29-16(2)13-19(17(29)3)14-21-25(31)28-27(35)30(26(21)32)23-12-11-20(33-4)15-24(23)34-5/h7-15H,6H2,1-5H3,(H,28,31,35)/b21-14+. The molecule has 2 aromatic carbocycles. The Kier molecular flexibility index (Phi) is 6.75. The SMILES string of the molecule is CCc1ccccc1-n1c(C)cc(/C=C2\C(=O)NC(=S)N(c3ccc(OC)cc3OC)C2=O)c1C. The van der Waals surface area contributed by atoms with E-state index < -0.39 is 11.8 Å². The van der Waals surface area contributed by atoms with Gasteiger partial charge in [-0.25, -0.2) is 4.90 Å². The van der Waals surface area contributed by atoms with Crippen LogP contribution in [0.15, 0.2) is 54.1 Å². The maximum atomic E-state index is 13.6. The summed E-state index contributed by atoms with van der Waals surface area (Å²) in [4.78, 5) is 27.7. The molecule has 0 aliphatic carbocycles. The summed E-state index contributed by atoms with van der Waals surface area (Å²) in [6.07, 6.45) is 2.51. The van der Waals surface area contributed by atoms with Gasteiger partial charge in [-0.3, -0.25) is 14.9 Å². The first kappa shape index (κ1) is 24.2. The van der Waals surface area contributed by atoms with Crippen LogP contribution in [0, 0.1) is 13.8 Å². The summed E-state index contributed by atoms with van der Waals surface area (Å²) in [5.74, 6) is -0.103. The number of aryl methyl sites for hydroxylation is 2. The van der Waals surface area contributed by atoms with Crippen LogP contribution in [0.5, 0.6) is 11.5 Å². The van der Waals surface area contributed by atoms with Gasteiger partial charge in [0.25, 0.3) is 11.8 Å². The maximum absolute atomic E-state index is 13.6. The van der Waals surface area contributed by atoms with E-state index in [4.69, 9.17) is 21.7 Å². The van der Waals surface area contributed by atoms with Crippen LogP contribution in [0.2, 0.25) is 0 Å². The highest BCUT2D eigenvalue weighted by molar-refractivity contribution is 7.80. The summed E-state index contributed by atoms with van der Waals surface area (Å²) in [7, 11) is 3.04. The second kappa shape index (κ2) is 9.76. The van der Waals surface area contributed by atoms with E-state index in [0.29, 0.717) is 17.2 Å². The molecule has 1 aliphatic heterocycles. The molecule has 1 aliphatic rings. The lowest BCUT2D eigenvalue weighted by Gasteiger charge is -2.30. The Bertz CT molecular complexity index is 1370. The van der Waals surface area contributed by atoms with Crippen molar-refractivity contribution in [2.75, 3.05) is 19.1 Å². The average Bonchev–Trinajstić information content (AvgIpc) is 3.13. The van der Waals surface area contributed by atoms with Crippen LogP contribution < -0.4 is 19.7 Å². The van der Waals surface area contributed by atoms with E-state index in [1.54, 1.807) is 31.4 Å². The first-order chi connectivity index (χ1) is 16.8. The number of thiocarbonyl (C=S) groups is 1. The van der Waals surface area contributed by atoms with Crippen molar-refractivity contribution in [3.63, 3.8) is 0 Å². The minimum absolute atomic E-state index is 0.0111. The quantitative estimate of drug-likeness (QED) is 0.314. The van der Waals surface area contributed by atoms with Gasteiger partial charge in [0, 0.05) is 23.1 Å². The van der Waals surface area contributed by atoms with E-state index in [1.165, 1.54) is 17.6 Å². The topological polar surface area (TPSA) is 72.8 Å². The number of anilines is 1. The number of benzene rings is 2. The lowest BCUT2D eigenvalue weighted by Crippen LogP contribution is -2.54. The molecule has 0 bridgehead atoms. The van der Waals surface area contributed by atoms with Gasteiger partial charge in [0.1, 0.15) is 17.1 Å². The molecule has 1 fully saturated rings. The summed E-state index contributed by atoms with van der Waals surface area (Å²) in [5, 5.41) is 2.62. The molecule has 3 aromatic rings. The maximum Gasteiger partial charge on any atom is 0.270 e. The van der Waals surface area contributed by atoms with E-state index in [2.05, 4.69) is 28.9 Å². The smallest absolute Gasteiger partial charge is 0.270 e. The number of hydrogen-bond acceptors (Lipinski definition) is 5. The number of aromatic nitrogens is 1. The van der Waals surface area contributed by atoms with Gasteiger partial charge in [-0.1, -0.05) is 25.1 Å². The highest BCUT2D eigenvalue weighted by Crippen LogP contribution is 2.35. The van der Waals surface area contributed by atoms with Crippen LogP contribution in [0.1, 0.15) is 29.4 Å². The summed E-state index contributed by atoms with van der Waals surface area (Å²) < 4.78 is 12.9. The zero-order valence-electron chi connectivity index (χ0n) is 20.3. The first-order valence-corrected chi connectivity index (χ1v) is 11.6. The van der Waals surface area contributed by atoms with E-state index in [-0.39, 0.29) is 10.7 Å². The number of nitrogens with zero attached hydrogens (tertiary/aromatic N) is 2. The van der Waals surface area contributed by atoms with Gasteiger partial charge in [-0.05, 0) is 74.0 Å². The van der Waals surface area contributed by atoms with Crippen LogP contribution in [0.4, 0.5) is 5.69 Å². The van der Waals surface area contributed by atoms with Crippen molar-refractivity contribution < 1.29 is 19.1 Å². The number of carbonyl (C=O) groups excluding carboxylic acids is 2. The second-order valence-corrected chi connectivity index (χ2v) is 8.53. The van der Waals surface area contributed by atoms with E-state index in [9.17, 15) is 9.59 Å². The number of methoxy groups -OCH3 is 2. The van der Waals surface area contributed by atoms with Crippen LogP contribution in [0.3, 0.4) is 0 Å². The number of ether oxygens (including phenoxy) is 2. The number of amides is 2. The predicted octanol–water partition coefficient (Wildman–Crippen LogP) is 4.51. The molecule has 35 heavy (non-hydrogen) atoms. The summed E-state index contributed by atoms with van der Waals surface area (Å²) in [6.45, 7) is 6.10. The molecular formula is C27H27N3O4S. The highest BCUT2D eigenvalue weighted by Gasteiger charge is 2.36. The molecule has 1 aromatic heterocycles. The Balaban J connectivity index is 1.79. The Hall–Kier alpha value is -3.91. The fourth-order valence-corrected chi connectivity index (χ4v) is 4.61. The van der Waals surface area contributed by atoms with Crippen molar-refractivity contribution in [1.29, 1.82) is 0 Å². The molecule has 7 nitrogen and oxygen atoms in total. The van der Waals surface area contributed by atoms with Crippen molar-refractivity contribution in [2.24, 2.45) is 0 Å². The van der Waals surface area contributed by atoms with Gasteiger partial charge in [-0.15, -0.1) is 0 Å². The van der Waals surface area contributed by atoms with Crippen LogP contribution in [0.25, 0.3) is 11.8 Å². The Labute approximate surface area is 210 Å². The predicted molar refractivity (Wildman–Crippen MR) is 140 cm³/mol.